The van der Waals surface area contributed by atoms with Gasteiger partial charge in [-0.15, -0.1) is 0 Å². The molecule has 0 aliphatic heterocycles. The van der Waals surface area contributed by atoms with Crippen molar-refractivity contribution in [2.24, 2.45) is 0 Å². The standard InChI is InChI=1S/C37H74.7CH4O/c1-2-4-6-8-10-12-14-16-18-20-22-24-26-28-30-32-34-36-37-35-33-31-29-27-25-23-21-19-17-15-13-11-9-7-5-3-1;7*1-2/h1-37H2;7*2H,1H3. The number of aliphatic hydroxyl groups excluding tert-OH is 7. The molecule has 0 aromatic heterocycles. The number of aliphatic hydroxyl groups is 7. The minimum Gasteiger partial charge on any atom is -0.400 e. The first-order valence-corrected chi connectivity index (χ1v) is 21.6. The average Bonchev–Trinajstić information content (AvgIpc) is 3.22. The molecule has 0 bridgehead atoms. The first-order valence-electron chi connectivity index (χ1n) is 21.6. The molecular formula is C44H102O7. The molecule has 0 aromatic rings. The summed E-state index contributed by atoms with van der Waals surface area (Å²) >= 11 is 0. The van der Waals surface area contributed by atoms with Gasteiger partial charge in [-0.25, -0.2) is 0 Å². The SMILES string of the molecule is C1CCCCCCCCCCCCCCCCCCCCCCCCCCCCCCCCCCCC1.CO.CO.CO.CO.CO.CO.CO. The predicted octanol–water partition coefficient (Wildman–Crippen LogP) is 11.7. The van der Waals surface area contributed by atoms with Gasteiger partial charge in [0.1, 0.15) is 0 Å². The van der Waals surface area contributed by atoms with Crippen LogP contribution in [-0.4, -0.2) is 85.5 Å². The second-order valence-corrected chi connectivity index (χ2v) is 13.1. The molecule has 1 aliphatic carbocycles. The maximum Gasteiger partial charge on any atom is 0.0319 e. The van der Waals surface area contributed by atoms with E-state index in [-0.39, 0.29) is 0 Å². The lowest BCUT2D eigenvalue weighted by molar-refractivity contribution is 0.399. The van der Waals surface area contributed by atoms with Crippen molar-refractivity contribution in [1.82, 2.24) is 0 Å². The molecule has 0 radical (unpaired) electrons. The second-order valence-electron chi connectivity index (χ2n) is 13.1. The zero-order valence-corrected chi connectivity index (χ0v) is 36.3. The van der Waals surface area contributed by atoms with Crippen LogP contribution in [0.25, 0.3) is 0 Å². The van der Waals surface area contributed by atoms with Gasteiger partial charge in [0.25, 0.3) is 0 Å². The van der Waals surface area contributed by atoms with Gasteiger partial charge >= 0.3 is 0 Å². The molecule has 320 valence electrons. The summed E-state index contributed by atoms with van der Waals surface area (Å²) in [7, 11) is 7.00. The van der Waals surface area contributed by atoms with Crippen molar-refractivity contribution in [3.63, 3.8) is 0 Å². The predicted molar refractivity (Wildman–Crippen MR) is 228 cm³/mol. The van der Waals surface area contributed by atoms with Gasteiger partial charge in [0.2, 0.25) is 0 Å². The average molecular weight is 743 g/mol. The van der Waals surface area contributed by atoms with E-state index >= 15 is 0 Å². The fourth-order valence-electron chi connectivity index (χ4n) is 6.54. The van der Waals surface area contributed by atoms with Gasteiger partial charge in [-0.2, -0.15) is 0 Å². The Kier molecular flexibility index (Phi) is 113. The lowest BCUT2D eigenvalue weighted by Crippen LogP contribution is -1.85. The maximum absolute atomic E-state index is 7.00. The molecule has 7 N–H and O–H groups in total. The number of hydrogen-bond acceptors (Lipinski definition) is 7. The highest BCUT2D eigenvalue weighted by Crippen LogP contribution is 2.18. The smallest absolute Gasteiger partial charge is 0.0319 e. The zero-order chi connectivity index (χ0) is 40.2. The molecule has 1 aliphatic rings. The second kappa shape index (κ2) is 87.5. The molecule has 0 saturated heterocycles. The highest BCUT2D eigenvalue weighted by Gasteiger charge is 1.98. The normalized spacial score (nSPS) is 18.2. The van der Waals surface area contributed by atoms with Gasteiger partial charge < -0.3 is 35.7 Å². The van der Waals surface area contributed by atoms with Crippen molar-refractivity contribution in [2.45, 2.75) is 238 Å². The Bertz CT molecular complexity index is 222. The monoisotopic (exact) mass is 743 g/mol. The molecule has 1 fully saturated rings. The van der Waals surface area contributed by atoms with Crippen LogP contribution in [0.4, 0.5) is 0 Å². The van der Waals surface area contributed by atoms with Crippen LogP contribution in [0, 0.1) is 0 Å². The third kappa shape index (κ3) is 84.0. The molecule has 0 aromatic carbocycles. The summed E-state index contributed by atoms with van der Waals surface area (Å²) in [5, 5.41) is 49.0. The van der Waals surface area contributed by atoms with Crippen LogP contribution in [0.2, 0.25) is 0 Å². The van der Waals surface area contributed by atoms with Gasteiger partial charge in [-0.05, 0) is 0 Å². The summed E-state index contributed by atoms with van der Waals surface area (Å²) in [6.07, 6.45) is 55.5. The fraction of sp³-hybridized carbons (Fsp3) is 1.00. The third-order valence-corrected chi connectivity index (χ3v) is 9.25. The number of rotatable bonds is 0. The van der Waals surface area contributed by atoms with Crippen LogP contribution >= 0.6 is 0 Å². The molecule has 0 unspecified atom stereocenters. The van der Waals surface area contributed by atoms with Crippen LogP contribution < -0.4 is 0 Å². The van der Waals surface area contributed by atoms with Gasteiger partial charge in [0, 0.05) is 49.8 Å². The lowest BCUT2D eigenvalue weighted by atomic mass is 10.0. The summed E-state index contributed by atoms with van der Waals surface area (Å²) in [6.45, 7) is 0. The molecule has 1 rings (SSSR count). The van der Waals surface area contributed by atoms with Crippen LogP contribution in [0.5, 0.6) is 0 Å². The lowest BCUT2D eigenvalue weighted by Gasteiger charge is -2.05. The first kappa shape index (κ1) is 65.6. The topological polar surface area (TPSA) is 142 Å². The van der Waals surface area contributed by atoms with Crippen LogP contribution in [0.3, 0.4) is 0 Å². The summed E-state index contributed by atoms with van der Waals surface area (Å²) in [4.78, 5) is 0. The largest absolute Gasteiger partial charge is 0.400 e. The van der Waals surface area contributed by atoms with Crippen molar-refractivity contribution in [3.05, 3.63) is 0 Å². The molecule has 7 heteroatoms. The first-order chi connectivity index (χ1) is 25.5. The molecule has 1 saturated carbocycles. The van der Waals surface area contributed by atoms with Gasteiger partial charge in [-0.3, -0.25) is 0 Å². The Morgan fingerprint density at radius 2 is 0.118 bits per heavy atom. The Hall–Kier alpha value is -0.280. The van der Waals surface area contributed by atoms with E-state index in [1.165, 1.54) is 238 Å². The van der Waals surface area contributed by atoms with Gasteiger partial charge in [-0.1, -0.05) is 238 Å². The van der Waals surface area contributed by atoms with Crippen LogP contribution in [0.15, 0.2) is 0 Å². The van der Waals surface area contributed by atoms with E-state index in [1.807, 2.05) is 0 Å². The van der Waals surface area contributed by atoms with E-state index in [0.717, 1.165) is 49.8 Å². The van der Waals surface area contributed by atoms with E-state index < -0.39 is 0 Å². The summed E-state index contributed by atoms with van der Waals surface area (Å²) in [5.41, 5.74) is 0. The summed E-state index contributed by atoms with van der Waals surface area (Å²) in [6, 6.07) is 0. The van der Waals surface area contributed by atoms with Crippen LogP contribution in [-0.2, 0) is 0 Å². The van der Waals surface area contributed by atoms with E-state index in [1.54, 1.807) is 0 Å². The molecule has 51 heavy (non-hydrogen) atoms. The van der Waals surface area contributed by atoms with E-state index in [0.29, 0.717) is 0 Å². The third-order valence-electron chi connectivity index (χ3n) is 9.25. The Labute approximate surface area is 322 Å². The Balaban J connectivity index is -0.000000245. The number of hydrogen-bond donors (Lipinski definition) is 7. The van der Waals surface area contributed by atoms with Crippen molar-refractivity contribution in [1.29, 1.82) is 0 Å². The minimum absolute atomic E-state index is 1.00. The Morgan fingerprint density at radius 1 is 0.0980 bits per heavy atom. The summed E-state index contributed by atoms with van der Waals surface area (Å²) < 4.78 is 0. The molecule has 0 amide bonds. The minimum atomic E-state index is 1.00. The van der Waals surface area contributed by atoms with Crippen molar-refractivity contribution in [3.8, 4) is 0 Å². The van der Waals surface area contributed by atoms with E-state index in [2.05, 4.69) is 0 Å². The van der Waals surface area contributed by atoms with E-state index in [9.17, 15) is 0 Å². The van der Waals surface area contributed by atoms with Crippen LogP contribution in [0.1, 0.15) is 238 Å². The molecule has 0 spiro atoms. The molecular weight excluding hydrogens is 640 g/mol. The van der Waals surface area contributed by atoms with E-state index in [4.69, 9.17) is 35.7 Å². The molecule has 7 nitrogen and oxygen atoms in total. The maximum atomic E-state index is 7.00. The fourth-order valence-corrected chi connectivity index (χ4v) is 6.54. The zero-order valence-electron chi connectivity index (χ0n) is 36.3. The molecule has 0 heterocycles. The summed E-state index contributed by atoms with van der Waals surface area (Å²) in [5.74, 6) is 0. The van der Waals surface area contributed by atoms with Gasteiger partial charge in [0.05, 0.1) is 0 Å². The van der Waals surface area contributed by atoms with Crippen molar-refractivity contribution in [2.75, 3.05) is 49.8 Å². The van der Waals surface area contributed by atoms with Gasteiger partial charge in [0.15, 0.2) is 0 Å². The molecule has 0 atom stereocenters. The quantitative estimate of drug-likeness (QED) is 0.131. The highest BCUT2D eigenvalue weighted by molar-refractivity contribution is 4.54. The van der Waals surface area contributed by atoms with Crippen molar-refractivity contribution < 1.29 is 35.7 Å². The Morgan fingerprint density at radius 3 is 0.137 bits per heavy atom. The highest BCUT2D eigenvalue weighted by atomic mass is 16.2. The van der Waals surface area contributed by atoms with Crippen molar-refractivity contribution >= 4 is 0 Å².